The van der Waals surface area contributed by atoms with Gasteiger partial charge in [0.2, 0.25) is 5.91 Å². The van der Waals surface area contributed by atoms with Crippen molar-refractivity contribution < 1.29 is 19.1 Å². The summed E-state index contributed by atoms with van der Waals surface area (Å²) in [5.74, 6) is -0.148. The number of amides is 2. The van der Waals surface area contributed by atoms with Crippen LogP contribution in [-0.2, 0) is 27.4 Å². The molecule has 2 N–H and O–H groups in total. The lowest BCUT2D eigenvalue weighted by Crippen LogP contribution is -2.47. The number of ether oxygens (including phenoxy) is 2. The Morgan fingerprint density at radius 2 is 1.82 bits per heavy atom. The number of carbonyl (C=O) groups is 2. The van der Waals surface area contributed by atoms with Gasteiger partial charge >= 0.3 is 0 Å². The van der Waals surface area contributed by atoms with Gasteiger partial charge in [-0.05, 0) is 38.2 Å². The number of carbonyl (C=O) groups excluding carboxylic acids is 2. The van der Waals surface area contributed by atoms with Crippen LogP contribution >= 0.6 is 0 Å². The minimum atomic E-state index is -0.345. The zero-order valence-electron chi connectivity index (χ0n) is 27.0. The first-order chi connectivity index (χ1) is 21.9. The fourth-order valence-electron chi connectivity index (χ4n) is 4.99. The highest BCUT2D eigenvalue weighted by atomic mass is 16.5. The second-order valence-corrected chi connectivity index (χ2v) is 11.5. The molecule has 1 aromatic carbocycles. The Morgan fingerprint density at radius 1 is 1.09 bits per heavy atom. The molecule has 1 fully saturated rings. The van der Waals surface area contributed by atoms with Crippen molar-refractivity contribution in [3.8, 4) is 6.07 Å². The van der Waals surface area contributed by atoms with Gasteiger partial charge in [0.1, 0.15) is 18.3 Å². The summed E-state index contributed by atoms with van der Waals surface area (Å²) in [6, 6.07) is 13.2. The van der Waals surface area contributed by atoms with Crippen molar-refractivity contribution in [2.75, 3.05) is 13.2 Å². The maximum atomic E-state index is 12.8. The Labute approximate surface area is 268 Å². The summed E-state index contributed by atoms with van der Waals surface area (Å²) in [7, 11) is 0. The van der Waals surface area contributed by atoms with Crippen LogP contribution in [0, 0.1) is 17.2 Å². The number of hydrogen-bond donors (Lipinski definition) is 2. The van der Waals surface area contributed by atoms with Crippen LogP contribution in [0.5, 0.6) is 0 Å². The fraction of sp³-hybridized carbons (Fsp3) is 0.500. The predicted molar refractivity (Wildman–Crippen MR) is 176 cm³/mol. The van der Waals surface area contributed by atoms with E-state index in [1.54, 1.807) is 0 Å². The van der Waals surface area contributed by atoms with E-state index in [4.69, 9.17) is 9.47 Å². The van der Waals surface area contributed by atoms with E-state index in [-0.39, 0.29) is 47.9 Å². The highest BCUT2D eigenvalue weighted by molar-refractivity contribution is 5.93. The average Bonchev–Trinajstić information content (AvgIpc) is 3.28. The average molecular weight is 616 g/mol. The van der Waals surface area contributed by atoms with Gasteiger partial charge in [0.25, 0.3) is 5.91 Å². The van der Waals surface area contributed by atoms with Crippen molar-refractivity contribution in [3.63, 3.8) is 0 Å². The van der Waals surface area contributed by atoms with Crippen molar-refractivity contribution in [2.45, 2.75) is 97.1 Å². The van der Waals surface area contributed by atoms with Crippen LogP contribution in [0.2, 0.25) is 0 Å². The van der Waals surface area contributed by atoms with Gasteiger partial charge < -0.3 is 20.1 Å². The molecular weight excluding hydrogens is 566 g/mol. The summed E-state index contributed by atoms with van der Waals surface area (Å²) in [6.45, 7) is 8.12. The predicted octanol–water partition coefficient (Wildman–Crippen LogP) is 6.03. The molecule has 0 radical (unpaired) electrons. The number of nitrogens with one attached hydrogen (secondary N) is 2. The molecular formula is C36H49N5O4. The van der Waals surface area contributed by atoms with Gasteiger partial charge in [-0.25, -0.2) is 4.68 Å². The third-order valence-corrected chi connectivity index (χ3v) is 7.77. The van der Waals surface area contributed by atoms with E-state index in [9.17, 15) is 14.9 Å². The van der Waals surface area contributed by atoms with Gasteiger partial charge in [0.05, 0.1) is 25.4 Å². The molecule has 1 heterocycles. The molecule has 0 bridgehead atoms. The van der Waals surface area contributed by atoms with Gasteiger partial charge in [-0.15, -0.1) is 0 Å². The largest absolute Gasteiger partial charge is 0.381 e. The molecule has 1 aromatic heterocycles. The van der Waals surface area contributed by atoms with Gasteiger partial charge in [-0.1, -0.05) is 99.9 Å². The molecule has 2 aromatic rings. The summed E-state index contributed by atoms with van der Waals surface area (Å²) in [4.78, 5) is 25.4. The minimum absolute atomic E-state index is 0.0185. The Morgan fingerprint density at radius 3 is 2.51 bits per heavy atom. The van der Waals surface area contributed by atoms with Gasteiger partial charge in [0.15, 0.2) is 5.69 Å². The van der Waals surface area contributed by atoms with Crippen LogP contribution in [-0.4, -0.2) is 53.0 Å². The third kappa shape index (κ3) is 12.9. The number of hydrogen-bond acceptors (Lipinski definition) is 6. The van der Waals surface area contributed by atoms with Crippen LogP contribution in [0.4, 0.5) is 0 Å². The fourth-order valence-corrected chi connectivity index (χ4v) is 4.99. The zero-order chi connectivity index (χ0) is 32.3. The van der Waals surface area contributed by atoms with Crippen LogP contribution in [0.1, 0.15) is 87.5 Å². The van der Waals surface area contributed by atoms with Crippen molar-refractivity contribution in [3.05, 3.63) is 89.8 Å². The lowest BCUT2D eigenvalue weighted by molar-refractivity contribution is -0.124. The highest BCUT2D eigenvalue weighted by Gasteiger charge is 2.28. The molecule has 2 aliphatic carbocycles. The van der Waals surface area contributed by atoms with E-state index in [0.29, 0.717) is 12.5 Å². The third-order valence-electron chi connectivity index (χ3n) is 7.77. The number of benzene rings is 1. The van der Waals surface area contributed by atoms with E-state index >= 15 is 0 Å². The van der Waals surface area contributed by atoms with Crippen LogP contribution in [0.15, 0.2) is 72.9 Å². The Kier molecular flexibility index (Phi) is 15.9. The first-order valence-corrected chi connectivity index (χ1v) is 16.3. The summed E-state index contributed by atoms with van der Waals surface area (Å²) in [5.41, 5.74) is 1.41. The second-order valence-electron chi connectivity index (χ2n) is 11.5. The molecule has 1 saturated carbocycles. The summed E-state index contributed by atoms with van der Waals surface area (Å²) < 4.78 is 13.0. The van der Waals surface area contributed by atoms with Crippen molar-refractivity contribution in [1.29, 1.82) is 5.26 Å². The van der Waals surface area contributed by atoms with Gasteiger partial charge in [0, 0.05) is 24.6 Å². The van der Waals surface area contributed by atoms with Gasteiger partial charge in [-0.2, -0.15) is 10.4 Å². The molecule has 4 rings (SSSR count). The maximum Gasteiger partial charge on any atom is 0.269 e. The Hall–Kier alpha value is -4.00. The first-order valence-electron chi connectivity index (χ1n) is 16.3. The van der Waals surface area contributed by atoms with Crippen molar-refractivity contribution in [2.24, 2.45) is 5.92 Å². The summed E-state index contributed by atoms with van der Waals surface area (Å²) in [6.07, 6.45) is 19.5. The molecule has 9 heteroatoms. The molecule has 45 heavy (non-hydrogen) atoms. The zero-order valence-corrected chi connectivity index (χ0v) is 27.0. The SMILES string of the molecule is CCCCOCC1C=CC=CC=C1.CC[C@@H](C)NC(=O)c1cc(C#N)nn1CC(=O)N[C@H]1CCCC[C@@H]1OCc1ccccc1. The van der Waals surface area contributed by atoms with Crippen LogP contribution in [0.25, 0.3) is 0 Å². The molecule has 0 spiro atoms. The number of nitriles is 1. The van der Waals surface area contributed by atoms with E-state index < -0.39 is 0 Å². The van der Waals surface area contributed by atoms with E-state index in [1.807, 2.05) is 62.4 Å². The van der Waals surface area contributed by atoms with Crippen LogP contribution < -0.4 is 10.6 Å². The topological polar surface area (TPSA) is 118 Å². The van der Waals surface area contributed by atoms with E-state index in [2.05, 4.69) is 47.0 Å². The molecule has 2 aliphatic rings. The first kappa shape index (κ1) is 35.5. The monoisotopic (exact) mass is 615 g/mol. The molecule has 0 aliphatic heterocycles. The minimum Gasteiger partial charge on any atom is -0.381 e. The van der Waals surface area contributed by atoms with Gasteiger partial charge in [-0.3, -0.25) is 9.59 Å². The number of unbranched alkanes of at least 4 members (excludes halogenated alkanes) is 1. The quantitative estimate of drug-likeness (QED) is 0.251. The lowest BCUT2D eigenvalue weighted by Gasteiger charge is -2.32. The van der Waals surface area contributed by atoms with Crippen molar-refractivity contribution >= 4 is 11.8 Å². The van der Waals surface area contributed by atoms with E-state index in [1.165, 1.54) is 23.6 Å². The second kappa shape index (κ2) is 20.1. The number of nitrogens with zero attached hydrogens (tertiary/aromatic N) is 3. The molecule has 9 nitrogen and oxygen atoms in total. The molecule has 2 amide bonds. The Bertz CT molecular complexity index is 1290. The number of allylic oxidation sites excluding steroid dienone is 4. The van der Waals surface area contributed by atoms with Crippen LogP contribution in [0.3, 0.4) is 0 Å². The number of aromatic nitrogens is 2. The molecule has 3 atom stereocenters. The Balaban J connectivity index is 0.000000355. The molecule has 0 unspecified atom stereocenters. The summed E-state index contributed by atoms with van der Waals surface area (Å²) in [5, 5.41) is 19.2. The maximum absolute atomic E-state index is 12.8. The lowest BCUT2D eigenvalue weighted by atomic mass is 9.92. The highest BCUT2D eigenvalue weighted by Crippen LogP contribution is 2.22. The van der Waals surface area contributed by atoms with E-state index in [0.717, 1.165) is 50.9 Å². The molecule has 0 saturated heterocycles. The standard InChI is InChI=1S/C24H31N5O3.C12H18O/c1-3-17(2)26-24(31)21-13-19(14-25)28-29(21)15-23(30)27-20-11-7-8-12-22(20)32-16-18-9-5-4-6-10-18;1-2-3-10-13-11-12-8-6-4-5-7-9-12/h4-6,9-10,13,17,20,22H,3,7-8,11-12,15-16H2,1-2H3,(H,26,31)(H,27,30);4-9,12H,2-3,10-11H2,1H3/t17-,20+,22+;/m1./s1. The normalized spacial score (nSPS) is 18.3. The smallest absolute Gasteiger partial charge is 0.269 e. The number of rotatable bonds is 14. The summed E-state index contributed by atoms with van der Waals surface area (Å²) >= 11 is 0. The van der Waals surface area contributed by atoms with Crippen molar-refractivity contribution in [1.82, 2.24) is 20.4 Å². The molecule has 242 valence electrons.